The summed E-state index contributed by atoms with van der Waals surface area (Å²) >= 11 is 16.3. The van der Waals surface area contributed by atoms with E-state index in [0.29, 0.717) is 15.6 Å². The fraction of sp³-hybridized carbons (Fsp3) is 0.556. The van der Waals surface area contributed by atoms with E-state index in [0.717, 1.165) is 0 Å². The van der Waals surface area contributed by atoms with Crippen molar-refractivity contribution in [3.8, 4) is 0 Å². The lowest BCUT2D eigenvalue weighted by molar-refractivity contribution is -0.212. The number of amides is 2. The summed E-state index contributed by atoms with van der Waals surface area (Å²) in [5.74, 6) is -1.76. The molecule has 0 radical (unpaired) electrons. The molecule has 7 nitrogen and oxygen atoms in total. The highest BCUT2D eigenvalue weighted by Crippen LogP contribution is 2.33. The molecule has 1 aromatic rings. The summed E-state index contributed by atoms with van der Waals surface area (Å²) in [4.78, 5) is 24.4. The van der Waals surface area contributed by atoms with Gasteiger partial charge in [-0.25, -0.2) is 4.79 Å². The van der Waals surface area contributed by atoms with Crippen molar-refractivity contribution < 1.29 is 23.8 Å². The van der Waals surface area contributed by atoms with Gasteiger partial charge in [0.25, 0.3) is 0 Å². The third kappa shape index (κ3) is 7.00. The third-order valence-corrected chi connectivity index (χ3v) is 4.60. The van der Waals surface area contributed by atoms with Crippen LogP contribution in [0, 0.1) is 0 Å². The van der Waals surface area contributed by atoms with Gasteiger partial charge in [0.15, 0.2) is 0 Å². The first-order valence-corrected chi connectivity index (χ1v) is 9.80. The maximum atomic E-state index is 12.5. The van der Waals surface area contributed by atoms with Crippen LogP contribution in [0.25, 0.3) is 0 Å². The summed E-state index contributed by atoms with van der Waals surface area (Å²) < 4.78 is 16.2. The Balaban J connectivity index is 2.89. The standard InChI is InChI=1S/C18H26Cl2N2O5S/c1-17(2,3)27-16(24)22-14(9-28)15(23)21-10-18(25-4,26-5)12-7-6-11(19)8-13(12)20/h6-8,14,28H,9-10H2,1-5H3,(H,21,23)(H,22,24). The fourth-order valence-electron chi connectivity index (χ4n) is 2.31. The Morgan fingerprint density at radius 2 is 1.79 bits per heavy atom. The number of halogens is 2. The topological polar surface area (TPSA) is 85.9 Å². The van der Waals surface area contributed by atoms with E-state index in [-0.39, 0.29) is 12.3 Å². The van der Waals surface area contributed by atoms with E-state index in [9.17, 15) is 9.59 Å². The van der Waals surface area contributed by atoms with Gasteiger partial charge in [-0.05, 0) is 32.9 Å². The second-order valence-electron chi connectivity index (χ2n) is 6.88. The predicted molar refractivity (Wildman–Crippen MR) is 112 cm³/mol. The minimum atomic E-state index is -1.34. The fourth-order valence-corrected chi connectivity index (χ4v) is 3.12. The second-order valence-corrected chi connectivity index (χ2v) is 8.09. The Labute approximate surface area is 180 Å². The Morgan fingerprint density at radius 1 is 1.18 bits per heavy atom. The van der Waals surface area contributed by atoms with Crippen LogP contribution in [-0.2, 0) is 24.8 Å². The zero-order chi connectivity index (χ0) is 21.5. The Morgan fingerprint density at radius 3 is 2.25 bits per heavy atom. The Kier molecular flexibility index (Phi) is 9.36. The van der Waals surface area contributed by atoms with Crippen molar-refractivity contribution >= 4 is 47.8 Å². The minimum Gasteiger partial charge on any atom is -0.444 e. The van der Waals surface area contributed by atoms with Crippen molar-refractivity contribution in [1.29, 1.82) is 0 Å². The zero-order valence-corrected chi connectivity index (χ0v) is 18.9. The van der Waals surface area contributed by atoms with E-state index < -0.39 is 29.4 Å². The summed E-state index contributed by atoms with van der Waals surface area (Å²) in [5, 5.41) is 5.94. The van der Waals surface area contributed by atoms with Crippen LogP contribution in [0.4, 0.5) is 4.79 Å². The SMILES string of the molecule is COC(CNC(=O)C(CS)NC(=O)OC(C)(C)C)(OC)c1ccc(Cl)cc1Cl. The quantitative estimate of drug-likeness (QED) is 0.415. The summed E-state index contributed by atoms with van der Waals surface area (Å²) in [6.45, 7) is 5.11. The average molecular weight is 453 g/mol. The van der Waals surface area contributed by atoms with Crippen LogP contribution in [0.2, 0.25) is 10.0 Å². The van der Waals surface area contributed by atoms with Gasteiger partial charge >= 0.3 is 6.09 Å². The first kappa shape index (κ1) is 24.8. The van der Waals surface area contributed by atoms with Gasteiger partial charge in [-0.15, -0.1) is 0 Å². The molecule has 0 spiro atoms. The van der Waals surface area contributed by atoms with Gasteiger partial charge in [-0.3, -0.25) is 4.79 Å². The lowest BCUT2D eigenvalue weighted by Gasteiger charge is -2.32. The van der Waals surface area contributed by atoms with Gasteiger partial charge in [0, 0.05) is 30.6 Å². The number of rotatable bonds is 8. The van der Waals surface area contributed by atoms with E-state index in [1.165, 1.54) is 14.2 Å². The van der Waals surface area contributed by atoms with Crippen LogP contribution in [0.3, 0.4) is 0 Å². The number of benzene rings is 1. The number of alkyl carbamates (subject to hydrolysis) is 1. The number of ether oxygens (including phenoxy) is 3. The molecule has 1 atom stereocenters. The lowest BCUT2D eigenvalue weighted by atomic mass is 10.0. The number of thiol groups is 1. The second kappa shape index (κ2) is 10.5. The number of nitrogens with one attached hydrogen (secondary N) is 2. The molecule has 2 amide bonds. The molecule has 0 aliphatic heterocycles. The molecule has 10 heteroatoms. The summed E-state index contributed by atoms with van der Waals surface area (Å²) in [6.07, 6.45) is -0.716. The van der Waals surface area contributed by atoms with Crippen LogP contribution in [0.5, 0.6) is 0 Å². The molecular weight excluding hydrogens is 427 g/mol. The van der Waals surface area contributed by atoms with Gasteiger partial charge < -0.3 is 24.8 Å². The number of hydrogen-bond donors (Lipinski definition) is 3. The molecule has 0 bridgehead atoms. The van der Waals surface area contributed by atoms with Crippen molar-refractivity contribution in [3.63, 3.8) is 0 Å². The number of carbonyl (C=O) groups is 2. The van der Waals surface area contributed by atoms with Gasteiger partial charge in [0.2, 0.25) is 11.7 Å². The molecule has 158 valence electrons. The maximum Gasteiger partial charge on any atom is 0.408 e. The molecule has 28 heavy (non-hydrogen) atoms. The van der Waals surface area contributed by atoms with E-state index in [2.05, 4.69) is 23.3 Å². The minimum absolute atomic E-state index is 0.0690. The summed E-state index contributed by atoms with van der Waals surface area (Å²) in [5.41, 5.74) is -0.194. The van der Waals surface area contributed by atoms with Crippen molar-refractivity contribution in [1.82, 2.24) is 10.6 Å². The van der Waals surface area contributed by atoms with E-state index in [1.54, 1.807) is 39.0 Å². The van der Waals surface area contributed by atoms with Gasteiger partial charge in [0.05, 0.1) is 11.6 Å². The molecule has 2 N–H and O–H groups in total. The first-order valence-electron chi connectivity index (χ1n) is 8.42. The van der Waals surface area contributed by atoms with Crippen molar-refractivity contribution in [2.75, 3.05) is 26.5 Å². The monoisotopic (exact) mass is 452 g/mol. The predicted octanol–water partition coefficient (Wildman–Crippen LogP) is 3.38. The molecule has 1 unspecified atom stereocenters. The lowest BCUT2D eigenvalue weighted by Crippen LogP contribution is -2.52. The molecular formula is C18H26Cl2N2O5S. The smallest absolute Gasteiger partial charge is 0.408 e. The van der Waals surface area contributed by atoms with E-state index >= 15 is 0 Å². The maximum absolute atomic E-state index is 12.5. The highest BCUT2D eigenvalue weighted by molar-refractivity contribution is 7.80. The highest BCUT2D eigenvalue weighted by Gasteiger charge is 2.36. The molecule has 0 aliphatic rings. The molecule has 0 fully saturated rings. The molecule has 0 aliphatic carbocycles. The van der Waals surface area contributed by atoms with Crippen molar-refractivity contribution in [3.05, 3.63) is 33.8 Å². The van der Waals surface area contributed by atoms with E-state index in [1.807, 2.05) is 0 Å². The van der Waals surface area contributed by atoms with Gasteiger partial charge in [-0.1, -0.05) is 29.3 Å². The van der Waals surface area contributed by atoms with Crippen molar-refractivity contribution in [2.24, 2.45) is 0 Å². The summed E-state index contributed by atoms with van der Waals surface area (Å²) in [6, 6.07) is 3.93. The van der Waals surface area contributed by atoms with Crippen LogP contribution in [0.15, 0.2) is 18.2 Å². The third-order valence-electron chi connectivity index (χ3n) is 3.69. The van der Waals surface area contributed by atoms with Gasteiger partial charge in [0.1, 0.15) is 11.6 Å². The number of hydrogen-bond acceptors (Lipinski definition) is 6. The number of methoxy groups -OCH3 is 2. The molecule has 0 saturated carbocycles. The number of carbonyl (C=O) groups excluding carboxylic acids is 2. The van der Waals surface area contributed by atoms with Crippen LogP contribution < -0.4 is 10.6 Å². The molecule has 0 saturated heterocycles. The van der Waals surface area contributed by atoms with Crippen LogP contribution in [0.1, 0.15) is 26.3 Å². The largest absolute Gasteiger partial charge is 0.444 e. The Hall–Kier alpha value is -1.19. The summed E-state index contributed by atoms with van der Waals surface area (Å²) in [7, 11) is 2.85. The molecule has 1 aromatic carbocycles. The molecule has 0 aromatic heterocycles. The average Bonchev–Trinajstić information content (AvgIpc) is 2.60. The molecule has 1 rings (SSSR count). The van der Waals surface area contributed by atoms with Crippen molar-refractivity contribution in [2.45, 2.75) is 38.2 Å². The van der Waals surface area contributed by atoms with E-state index in [4.69, 9.17) is 37.4 Å². The van der Waals surface area contributed by atoms with Gasteiger partial charge in [-0.2, -0.15) is 12.6 Å². The molecule has 0 heterocycles. The highest BCUT2D eigenvalue weighted by atomic mass is 35.5. The van der Waals surface area contributed by atoms with Crippen LogP contribution >= 0.6 is 35.8 Å². The zero-order valence-electron chi connectivity index (χ0n) is 16.5. The Bertz CT molecular complexity index is 693. The van der Waals surface area contributed by atoms with Crippen LogP contribution in [-0.4, -0.2) is 50.2 Å². The first-order chi connectivity index (χ1) is 13.0. The normalized spacial score (nSPS) is 13.0.